The summed E-state index contributed by atoms with van der Waals surface area (Å²) < 4.78 is 5.58. The lowest BCUT2D eigenvalue weighted by atomic mass is 10.3. The molecule has 6 heteroatoms. The molecule has 1 fully saturated rings. The van der Waals surface area contributed by atoms with Gasteiger partial charge in [0.1, 0.15) is 5.75 Å². The minimum absolute atomic E-state index is 0.0645. The van der Waals surface area contributed by atoms with E-state index < -0.39 is 0 Å². The largest absolute Gasteiger partial charge is 0.484 e. The summed E-state index contributed by atoms with van der Waals surface area (Å²) >= 11 is 1.71. The van der Waals surface area contributed by atoms with Crippen molar-refractivity contribution in [1.82, 2.24) is 14.8 Å². The number of aromatic nitrogens is 1. The number of carbonyl (C=O) groups excluding carboxylic acids is 1. The molecular weight excluding hydrogens is 322 g/mol. The van der Waals surface area contributed by atoms with Gasteiger partial charge in [-0.15, -0.1) is 11.3 Å². The van der Waals surface area contributed by atoms with Crippen LogP contribution in [0.25, 0.3) is 0 Å². The lowest BCUT2D eigenvalue weighted by Crippen LogP contribution is -2.38. The summed E-state index contributed by atoms with van der Waals surface area (Å²) in [5.74, 6) is 0.803. The van der Waals surface area contributed by atoms with E-state index in [1.807, 2.05) is 40.7 Å². The minimum Gasteiger partial charge on any atom is -0.484 e. The fourth-order valence-electron chi connectivity index (χ4n) is 2.81. The number of rotatable bonds is 5. The second kappa shape index (κ2) is 8.26. The maximum atomic E-state index is 12.4. The summed E-state index contributed by atoms with van der Waals surface area (Å²) in [6, 6.07) is 9.49. The summed E-state index contributed by atoms with van der Waals surface area (Å²) in [5.41, 5.74) is 3.02. The molecule has 0 atom stereocenters. The quantitative estimate of drug-likeness (QED) is 0.835. The standard InChI is InChI=1S/C18H23N3O2S/c1-15-17(24-14-19-15)12-20-8-5-9-21(11-10-20)18(22)13-23-16-6-3-2-4-7-16/h2-4,6-7,14H,5,8-13H2,1H3. The van der Waals surface area contributed by atoms with Gasteiger partial charge in [-0.3, -0.25) is 9.69 Å². The van der Waals surface area contributed by atoms with Crippen LogP contribution < -0.4 is 4.74 Å². The van der Waals surface area contributed by atoms with Gasteiger partial charge in [-0.25, -0.2) is 4.98 Å². The molecule has 0 bridgehead atoms. The van der Waals surface area contributed by atoms with Crippen LogP contribution in [-0.2, 0) is 11.3 Å². The first-order valence-electron chi connectivity index (χ1n) is 8.29. The molecule has 128 valence electrons. The number of thiazole rings is 1. The van der Waals surface area contributed by atoms with Gasteiger partial charge in [0.05, 0.1) is 11.2 Å². The van der Waals surface area contributed by atoms with E-state index in [4.69, 9.17) is 4.74 Å². The van der Waals surface area contributed by atoms with E-state index in [9.17, 15) is 4.79 Å². The van der Waals surface area contributed by atoms with Crippen molar-refractivity contribution in [1.29, 1.82) is 0 Å². The summed E-state index contributed by atoms with van der Waals surface area (Å²) in [4.78, 5) is 22.3. The fraction of sp³-hybridized carbons (Fsp3) is 0.444. The summed E-state index contributed by atoms with van der Waals surface area (Å²) in [5, 5.41) is 0. The van der Waals surface area contributed by atoms with Crippen LogP contribution in [-0.4, -0.2) is 53.5 Å². The fourth-order valence-corrected chi connectivity index (χ4v) is 3.63. The Kier molecular flexibility index (Phi) is 5.82. The summed E-state index contributed by atoms with van der Waals surface area (Å²) in [6.07, 6.45) is 0.995. The van der Waals surface area contributed by atoms with Crippen LogP contribution in [0.5, 0.6) is 5.75 Å². The van der Waals surface area contributed by atoms with Gasteiger partial charge >= 0.3 is 0 Å². The molecule has 2 heterocycles. The molecule has 24 heavy (non-hydrogen) atoms. The van der Waals surface area contributed by atoms with Crippen LogP contribution in [0.4, 0.5) is 0 Å². The van der Waals surface area contributed by atoms with E-state index in [0.717, 1.165) is 50.6 Å². The molecule has 0 saturated carbocycles. The lowest BCUT2D eigenvalue weighted by Gasteiger charge is -2.22. The number of amides is 1. The predicted octanol–water partition coefficient (Wildman–Crippen LogP) is 2.56. The lowest BCUT2D eigenvalue weighted by molar-refractivity contribution is -0.133. The third-order valence-electron chi connectivity index (χ3n) is 4.26. The second-order valence-corrected chi connectivity index (χ2v) is 6.91. The first kappa shape index (κ1) is 16.9. The van der Waals surface area contributed by atoms with Crippen molar-refractivity contribution in [3.05, 3.63) is 46.4 Å². The van der Waals surface area contributed by atoms with Crippen LogP contribution in [0.2, 0.25) is 0 Å². The average molecular weight is 345 g/mol. The number of ether oxygens (including phenoxy) is 1. The Hall–Kier alpha value is -1.92. The molecule has 1 saturated heterocycles. The van der Waals surface area contributed by atoms with Crippen molar-refractivity contribution >= 4 is 17.2 Å². The van der Waals surface area contributed by atoms with Crippen molar-refractivity contribution in [3.63, 3.8) is 0 Å². The Morgan fingerprint density at radius 2 is 2.04 bits per heavy atom. The number of hydrogen-bond acceptors (Lipinski definition) is 5. The highest BCUT2D eigenvalue weighted by Gasteiger charge is 2.20. The second-order valence-electron chi connectivity index (χ2n) is 5.97. The topological polar surface area (TPSA) is 45.7 Å². The zero-order valence-corrected chi connectivity index (χ0v) is 14.8. The monoisotopic (exact) mass is 345 g/mol. The normalized spacial score (nSPS) is 16.0. The van der Waals surface area contributed by atoms with Crippen LogP contribution in [0, 0.1) is 6.92 Å². The number of benzene rings is 1. The Morgan fingerprint density at radius 1 is 1.21 bits per heavy atom. The van der Waals surface area contributed by atoms with Crippen molar-refractivity contribution in [3.8, 4) is 5.75 Å². The van der Waals surface area contributed by atoms with Gasteiger partial charge in [-0.2, -0.15) is 0 Å². The maximum Gasteiger partial charge on any atom is 0.260 e. The van der Waals surface area contributed by atoms with Gasteiger partial charge in [0, 0.05) is 37.6 Å². The van der Waals surface area contributed by atoms with Crippen molar-refractivity contribution in [2.75, 3.05) is 32.8 Å². The van der Waals surface area contributed by atoms with Crippen LogP contribution in [0.15, 0.2) is 35.8 Å². The summed E-state index contributed by atoms with van der Waals surface area (Å²) in [7, 11) is 0. The maximum absolute atomic E-state index is 12.4. The molecule has 0 spiro atoms. The number of carbonyl (C=O) groups is 1. The van der Waals surface area contributed by atoms with Crippen LogP contribution in [0.3, 0.4) is 0 Å². The van der Waals surface area contributed by atoms with E-state index in [-0.39, 0.29) is 12.5 Å². The Morgan fingerprint density at radius 3 is 2.79 bits per heavy atom. The van der Waals surface area contributed by atoms with Gasteiger partial charge in [0.2, 0.25) is 0 Å². The molecule has 1 aliphatic rings. The van der Waals surface area contributed by atoms with Gasteiger partial charge in [-0.1, -0.05) is 18.2 Å². The number of para-hydroxylation sites is 1. The highest BCUT2D eigenvalue weighted by molar-refractivity contribution is 7.09. The number of nitrogens with zero attached hydrogens (tertiary/aromatic N) is 3. The first-order valence-corrected chi connectivity index (χ1v) is 9.17. The Bertz CT molecular complexity index is 659. The van der Waals surface area contributed by atoms with Crippen molar-refractivity contribution in [2.24, 2.45) is 0 Å². The molecule has 0 radical (unpaired) electrons. The molecule has 1 aliphatic heterocycles. The molecule has 2 aromatic rings. The highest BCUT2D eigenvalue weighted by atomic mass is 32.1. The van der Waals surface area contributed by atoms with Gasteiger partial charge < -0.3 is 9.64 Å². The van der Waals surface area contributed by atoms with E-state index in [0.29, 0.717) is 0 Å². The molecule has 0 unspecified atom stereocenters. The SMILES string of the molecule is Cc1ncsc1CN1CCCN(C(=O)COc2ccccc2)CC1. The van der Waals surface area contributed by atoms with Gasteiger partial charge in [0.15, 0.2) is 6.61 Å². The minimum atomic E-state index is 0.0645. The molecule has 0 aliphatic carbocycles. The van der Waals surface area contributed by atoms with Crippen LogP contribution >= 0.6 is 11.3 Å². The van der Waals surface area contributed by atoms with Gasteiger partial charge in [-0.05, 0) is 25.5 Å². The zero-order chi connectivity index (χ0) is 16.8. The average Bonchev–Trinajstić information content (AvgIpc) is 2.86. The Labute approximate surface area is 146 Å². The smallest absolute Gasteiger partial charge is 0.260 e. The zero-order valence-electron chi connectivity index (χ0n) is 14.0. The van der Waals surface area contributed by atoms with E-state index >= 15 is 0 Å². The van der Waals surface area contributed by atoms with Crippen LogP contribution in [0.1, 0.15) is 17.0 Å². The molecular formula is C18H23N3O2S. The first-order chi connectivity index (χ1) is 11.7. The molecule has 1 aromatic carbocycles. The Balaban J connectivity index is 1.48. The third kappa shape index (κ3) is 4.55. The van der Waals surface area contributed by atoms with Gasteiger partial charge in [0.25, 0.3) is 5.91 Å². The number of aryl methyl sites for hydroxylation is 1. The highest BCUT2D eigenvalue weighted by Crippen LogP contribution is 2.16. The third-order valence-corrected chi connectivity index (χ3v) is 5.18. The van der Waals surface area contributed by atoms with E-state index in [2.05, 4.69) is 16.8 Å². The predicted molar refractivity (Wildman–Crippen MR) is 95.3 cm³/mol. The number of hydrogen-bond donors (Lipinski definition) is 0. The summed E-state index contributed by atoms with van der Waals surface area (Å²) in [6.45, 7) is 6.57. The van der Waals surface area contributed by atoms with Crippen molar-refractivity contribution in [2.45, 2.75) is 19.9 Å². The van der Waals surface area contributed by atoms with E-state index in [1.54, 1.807) is 11.3 Å². The molecule has 1 aromatic heterocycles. The van der Waals surface area contributed by atoms with Crippen molar-refractivity contribution < 1.29 is 9.53 Å². The molecule has 5 nitrogen and oxygen atoms in total. The molecule has 0 N–H and O–H groups in total. The molecule has 1 amide bonds. The van der Waals surface area contributed by atoms with E-state index in [1.165, 1.54) is 4.88 Å². The molecule has 3 rings (SSSR count).